The second kappa shape index (κ2) is 6.31. The number of carbonyl (C=O) groups excluding carboxylic acids is 1. The van der Waals surface area contributed by atoms with Gasteiger partial charge in [-0.05, 0) is 37.3 Å². The average Bonchev–Trinajstić information content (AvgIpc) is 3.19. The molecule has 2 aromatic carbocycles. The van der Waals surface area contributed by atoms with Gasteiger partial charge in [0.05, 0.1) is 0 Å². The number of rotatable bonds is 3. The number of halogens is 1. The molecule has 0 saturated heterocycles. The van der Waals surface area contributed by atoms with E-state index < -0.39 is 0 Å². The van der Waals surface area contributed by atoms with Crippen molar-refractivity contribution in [2.75, 3.05) is 5.32 Å². The Morgan fingerprint density at radius 3 is 2.85 bits per heavy atom. The second-order valence-electron chi connectivity index (χ2n) is 6.00. The minimum absolute atomic E-state index is 0.270. The lowest BCUT2D eigenvalue weighted by molar-refractivity contribution is 0.0998. The third-order valence-electron chi connectivity index (χ3n) is 4.19. The lowest BCUT2D eigenvalue weighted by Gasteiger charge is -2.06. The van der Waals surface area contributed by atoms with Crippen LogP contribution in [0.15, 0.2) is 53.2 Å². The molecule has 7 heteroatoms. The maximum Gasteiger partial charge on any atom is 0.291 e. The summed E-state index contributed by atoms with van der Waals surface area (Å²) < 4.78 is 7.53. The van der Waals surface area contributed by atoms with Gasteiger partial charge in [-0.15, -0.1) is 10.2 Å². The van der Waals surface area contributed by atoms with E-state index >= 15 is 0 Å². The maximum absolute atomic E-state index is 12.7. The highest BCUT2D eigenvalue weighted by Gasteiger charge is 2.18. The van der Waals surface area contributed by atoms with Crippen LogP contribution >= 0.6 is 11.6 Å². The monoisotopic (exact) mass is 366 g/mol. The summed E-state index contributed by atoms with van der Waals surface area (Å²) >= 11 is 6.03. The largest absolute Gasteiger partial charge is 0.451 e. The number of carbonyl (C=O) groups is 1. The number of benzene rings is 2. The van der Waals surface area contributed by atoms with Crippen LogP contribution in [0.4, 0.5) is 5.69 Å². The van der Waals surface area contributed by atoms with Crippen LogP contribution < -0.4 is 5.32 Å². The molecule has 0 saturated carbocycles. The first kappa shape index (κ1) is 16.4. The Bertz CT molecular complexity index is 1130. The molecular weight excluding hydrogens is 352 g/mol. The van der Waals surface area contributed by atoms with Crippen molar-refractivity contribution in [3.8, 4) is 11.4 Å². The van der Waals surface area contributed by atoms with Crippen molar-refractivity contribution in [1.82, 2.24) is 14.8 Å². The van der Waals surface area contributed by atoms with E-state index in [4.69, 9.17) is 16.0 Å². The highest BCUT2D eigenvalue weighted by atomic mass is 35.5. The van der Waals surface area contributed by atoms with Gasteiger partial charge < -0.3 is 14.3 Å². The normalized spacial score (nSPS) is 11.0. The summed E-state index contributed by atoms with van der Waals surface area (Å²) in [6.45, 7) is 1.84. The van der Waals surface area contributed by atoms with Crippen LogP contribution in [0, 0.1) is 6.92 Å². The molecule has 2 heterocycles. The summed E-state index contributed by atoms with van der Waals surface area (Å²) in [5, 5.41) is 12.3. The number of nitrogens with one attached hydrogen (secondary N) is 1. The first-order chi connectivity index (χ1) is 12.5. The molecule has 2 aromatic heterocycles. The van der Waals surface area contributed by atoms with Gasteiger partial charge in [0.2, 0.25) is 0 Å². The quantitative estimate of drug-likeness (QED) is 0.581. The molecule has 4 aromatic rings. The number of nitrogens with zero attached hydrogens (tertiary/aromatic N) is 3. The van der Waals surface area contributed by atoms with Crippen molar-refractivity contribution in [2.45, 2.75) is 6.92 Å². The molecule has 0 aliphatic rings. The molecule has 1 amide bonds. The minimum Gasteiger partial charge on any atom is -0.451 e. The molecule has 0 fully saturated rings. The van der Waals surface area contributed by atoms with E-state index in [-0.39, 0.29) is 11.7 Å². The number of furan rings is 1. The molecule has 4 rings (SSSR count). The molecule has 0 bridgehead atoms. The molecule has 1 N–H and O–H groups in total. The third kappa shape index (κ3) is 2.84. The first-order valence-electron chi connectivity index (χ1n) is 7.97. The maximum atomic E-state index is 12.7. The van der Waals surface area contributed by atoms with Crippen molar-refractivity contribution in [3.63, 3.8) is 0 Å². The van der Waals surface area contributed by atoms with Gasteiger partial charge in [-0.1, -0.05) is 23.7 Å². The van der Waals surface area contributed by atoms with Crippen LogP contribution in [0.3, 0.4) is 0 Å². The van der Waals surface area contributed by atoms with E-state index in [2.05, 4.69) is 15.5 Å². The summed E-state index contributed by atoms with van der Waals surface area (Å²) in [5.74, 6) is 0.673. The van der Waals surface area contributed by atoms with E-state index in [0.29, 0.717) is 16.3 Å². The topological polar surface area (TPSA) is 73.0 Å². The second-order valence-corrected chi connectivity index (χ2v) is 6.43. The van der Waals surface area contributed by atoms with Gasteiger partial charge in [0.25, 0.3) is 5.91 Å². The molecule has 6 nitrogen and oxygen atoms in total. The molecule has 0 atom stereocenters. The fourth-order valence-corrected chi connectivity index (χ4v) is 3.05. The zero-order chi connectivity index (χ0) is 18.3. The SMILES string of the molecule is Cc1c(C(=O)Nc2cccc(-c3nncn3C)c2)oc2ccc(Cl)cc12. The molecule has 0 aliphatic heterocycles. The zero-order valence-electron chi connectivity index (χ0n) is 14.2. The van der Waals surface area contributed by atoms with E-state index in [1.54, 1.807) is 24.5 Å². The van der Waals surface area contributed by atoms with E-state index in [1.165, 1.54) is 0 Å². The number of aromatic nitrogens is 3. The van der Waals surface area contributed by atoms with Gasteiger partial charge in [0.15, 0.2) is 11.6 Å². The average molecular weight is 367 g/mol. The molecule has 0 spiro atoms. The van der Waals surface area contributed by atoms with Crippen molar-refractivity contribution in [3.05, 3.63) is 65.1 Å². The van der Waals surface area contributed by atoms with Crippen LogP contribution in [0.1, 0.15) is 16.1 Å². The molecule has 0 unspecified atom stereocenters. The Morgan fingerprint density at radius 1 is 1.23 bits per heavy atom. The van der Waals surface area contributed by atoms with Gasteiger partial charge >= 0.3 is 0 Å². The van der Waals surface area contributed by atoms with Crippen molar-refractivity contribution < 1.29 is 9.21 Å². The number of anilines is 1. The Hall–Kier alpha value is -3.12. The summed E-state index contributed by atoms with van der Waals surface area (Å²) in [4.78, 5) is 12.7. The lowest BCUT2D eigenvalue weighted by atomic mass is 10.1. The van der Waals surface area contributed by atoms with Crippen LogP contribution in [0.5, 0.6) is 0 Å². The van der Waals surface area contributed by atoms with Crippen molar-refractivity contribution >= 4 is 34.2 Å². The zero-order valence-corrected chi connectivity index (χ0v) is 14.9. The highest BCUT2D eigenvalue weighted by molar-refractivity contribution is 6.31. The van der Waals surface area contributed by atoms with Gasteiger partial charge in [0, 0.05) is 34.3 Å². The third-order valence-corrected chi connectivity index (χ3v) is 4.43. The Morgan fingerprint density at radius 2 is 2.08 bits per heavy atom. The van der Waals surface area contributed by atoms with E-state index in [9.17, 15) is 4.79 Å². The van der Waals surface area contributed by atoms with Crippen LogP contribution in [-0.4, -0.2) is 20.7 Å². The predicted molar refractivity (Wildman–Crippen MR) is 100 cm³/mol. The Labute approximate surface area is 154 Å². The van der Waals surface area contributed by atoms with Gasteiger partial charge in [-0.3, -0.25) is 4.79 Å². The smallest absolute Gasteiger partial charge is 0.291 e. The van der Waals surface area contributed by atoms with Crippen molar-refractivity contribution in [1.29, 1.82) is 0 Å². The molecule has 0 radical (unpaired) electrons. The minimum atomic E-state index is -0.315. The summed E-state index contributed by atoms with van der Waals surface area (Å²) in [5.41, 5.74) is 2.89. The Kier molecular flexibility index (Phi) is 3.97. The first-order valence-corrected chi connectivity index (χ1v) is 8.35. The van der Waals surface area contributed by atoms with E-state index in [0.717, 1.165) is 22.3 Å². The fraction of sp³-hybridized carbons (Fsp3) is 0.105. The standard InChI is InChI=1S/C19H15ClN4O2/c1-11-15-9-13(20)6-7-16(15)26-17(11)19(25)22-14-5-3-4-12(8-14)18-23-21-10-24(18)2/h3-10H,1-2H3,(H,22,25). The van der Waals surface area contributed by atoms with Gasteiger partial charge in [-0.2, -0.15) is 0 Å². The lowest BCUT2D eigenvalue weighted by Crippen LogP contribution is -2.12. The number of aryl methyl sites for hydroxylation is 2. The Balaban J connectivity index is 1.65. The number of amides is 1. The van der Waals surface area contributed by atoms with Gasteiger partial charge in [0.1, 0.15) is 11.9 Å². The highest BCUT2D eigenvalue weighted by Crippen LogP contribution is 2.29. The number of hydrogen-bond donors (Lipinski definition) is 1. The van der Waals surface area contributed by atoms with Crippen molar-refractivity contribution in [2.24, 2.45) is 7.05 Å². The van der Waals surface area contributed by atoms with Crippen LogP contribution in [0.2, 0.25) is 5.02 Å². The fourth-order valence-electron chi connectivity index (χ4n) is 2.88. The summed E-state index contributed by atoms with van der Waals surface area (Å²) in [6.07, 6.45) is 1.63. The molecule has 26 heavy (non-hydrogen) atoms. The number of hydrogen-bond acceptors (Lipinski definition) is 4. The summed E-state index contributed by atoms with van der Waals surface area (Å²) in [6, 6.07) is 12.7. The number of fused-ring (bicyclic) bond motifs is 1. The van der Waals surface area contributed by atoms with Crippen LogP contribution in [-0.2, 0) is 7.05 Å². The van der Waals surface area contributed by atoms with Gasteiger partial charge in [-0.25, -0.2) is 0 Å². The van der Waals surface area contributed by atoms with Crippen LogP contribution in [0.25, 0.3) is 22.4 Å². The summed E-state index contributed by atoms with van der Waals surface area (Å²) in [7, 11) is 1.86. The van der Waals surface area contributed by atoms with E-state index in [1.807, 2.05) is 42.8 Å². The molecule has 0 aliphatic carbocycles. The predicted octanol–water partition coefficient (Wildman–Crippen LogP) is 4.44. The molecule has 130 valence electrons. The molecular formula is C19H15ClN4O2.